The molecule has 0 fully saturated rings. The fraction of sp³-hybridized carbons (Fsp3) is 0.0952. The summed E-state index contributed by atoms with van der Waals surface area (Å²) in [4.78, 5) is 19.0. The molecule has 0 saturated heterocycles. The van der Waals surface area contributed by atoms with Crippen LogP contribution in [0.15, 0.2) is 66.9 Å². The lowest BCUT2D eigenvalue weighted by Gasteiger charge is -2.20. The van der Waals surface area contributed by atoms with Gasteiger partial charge in [0.15, 0.2) is 0 Å². The van der Waals surface area contributed by atoms with E-state index in [-0.39, 0.29) is 5.91 Å². The minimum atomic E-state index is -0.331. The van der Waals surface area contributed by atoms with Gasteiger partial charge in [-0.3, -0.25) is 9.78 Å². The number of rotatable bonds is 3. The van der Waals surface area contributed by atoms with Gasteiger partial charge in [0.1, 0.15) is 11.8 Å². The van der Waals surface area contributed by atoms with E-state index in [2.05, 4.69) is 33.4 Å². The number of carbonyl (C=O) groups is 1. The van der Waals surface area contributed by atoms with Crippen LogP contribution < -0.4 is 10.2 Å². The Morgan fingerprint density at radius 3 is 2.81 bits per heavy atom. The number of carbonyl (C=O) groups excluding carboxylic acids is 1. The minimum Gasteiger partial charge on any atom is -0.341 e. The first-order valence-electron chi connectivity index (χ1n) is 8.38. The number of aromatic nitrogens is 1. The summed E-state index contributed by atoms with van der Waals surface area (Å²) in [5.41, 5.74) is 4.63. The lowest BCUT2D eigenvalue weighted by atomic mass is 10.2. The van der Waals surface area contributed by atoms with E-state index in [0.29, 0.717) is 16.9 Å². The number of hydrogen-bond acceptors (Lipinski definition) is 4. The maximum absolute atomic E-state index is 12.6. The molecule has 0 bridgehead atoms. The third-order valence-corrected chi connectivity index (χ3v) is 4.47. The molecule has 1 N–H and O–H groups in total. The van der Waals surface area contributed by atoms with Crippen LogP contribution in [0.3, 0.4) is 0 Å². The molecule has 0 unspecified atom stereocenters. The smallest absolute Gasteiger partial charge is 0.274 e. The molecule has 1 aliphatic rings. The highest BCUT2D eigenvalue weighted by Crippen LogP contribution is 2.34. The zero-order chi connectivity index (χ0) is 17.9. The van der Waals surface area contributed by atoms with Gasteiger partial charge < -0.3 is 10.2 Å². The molecule has 0 radical (unpaired) electrons. The van der Waals surface area contributed by atoms with Crippen LogP contribution in [-0.4, -0.2) is 17.4 Å². The first kappa shape index (κ1) is 15.9. The van der Waals surface area contributed by atoms with Gasteiger partial charge in [0.05, 0.1) is 11.3 Å². The topological polar surface area (TPSA) is 69.0 Å². The molecule has 5 nitrogen and oxygen atoms in total. The maximum atomic E-state index is 12.6. The zero-order valence-corrected chi connectivity index (χ0v) is 14.0. The Morgan fingerprint density at radius 2 is 1.92 bits per heavy atom. The van der Waals surface area contributed by atoms with Gasteiger partial charge in [-0.05, 0) is 42.3 Å². The van der Waals surface area contributed by atoms with Crippen LogP contribution in [-0.2, 0) is 6.42 Å². The van der Waals surface area contributed by atoms with Gasteiger partial charge in [-0.25, -0.2) is 0 Å². The van der Waals surface area contributed by atoms with Crippen molar-refractivity contribution in [3.05, 3.63) is 83.7 Å². The Labute approximate surface area is 151 Å². The van der Waals surface area contributed by atoms with E-state index in [9.17, 15) is 4.79 Å². The Morgan fingerprint density at radius 1 is 1.12 bits per heavy atom. The number of pyridine rings is 1. The van der Waals surface area contributed by atoms with Crippen LogP contribution in [0.2, 0.25) is 0 Å². The molecule has 4 rings (SSSR count). The fourth-order valence-corrected chi connectivity index (χ4v) is 3.19. The largest absolute Gasteiger partial charge is 0.341 e. The van der Waals surface area contributed by atoms with Crippen molar-refractivity contribution in [3.8, 4) is 6.07 Å². The van der Waals surface area contributed by atoms with Gasteiger partial charge in [-0.1, -0.05) is 30.3 Å². The van der Waals surface area contributed by atoms with Gasteiger partial charge in [-0.15, -0.1) is 0 Å². The second-order valence-corrected chi connectivity index (χ2v) is 6.04. The van der Waals surface area contributed by atoms with Crippen LogP contribution in [0.5, 0.6) is 0 Å². The molecule has 2 heterocycles. The highest BCUT2D eigenvalue weighted by molar-refractivity contribution is 6.04. The SMILES string of the molecule is N#Cc1ccccc1NC(=O)c1cc(N2CCc3ccccc32)ccn1. The first-order valence-corrected chi connectivity index (χ1v) is 8.38. The number of nitriles is 1. The molecule has 2 aromatic carbocycles. The predicted octanol–water partition coefficient (Wildman–Crippen LogP) is 3.90. The number of nitrogens with one attached hydrogen (secondary N) is 1. The molecule has 0 saturated carbocycles. The van der Waals surface area contributed by atoms with Gasteiger partial charge in [0.2, 0.25) is 0 Å². The summed E-state index contributed by atoms with van der Waals surface area (Å²) in [6, 6.07) is 21.0. The monoisotopic (exact) mass is 340 g/mol. The second-order valence-electron chi connectivity index (χ2n) is 6.04. The number of anilines is 3. The molecule has 26 heavy (non-hydrogen) atoms. The quantitative estimate of drug-likeness (QED) is 0.785. The van der Waals surface area contributed by atoms with Crippen molar-refractivity contribution in [1.29, 1.82) is 5.26 Å². The van der Waals surface area contributed by atoms with Crippen molar-refractivity contribution in [2.75, 3.05) is 16.8 Å². The fourth-order valence-electron chi connectivity index (χ4n) is 3.19. The van der Waals surface area contributed by atoms with E-state index in [1.807, 2.05) is 18.2 Å². The molecule has 1 amide bonds. The van der Waals surface area contributed by atoms with E-state index in [0.717, 1.165) is 18.7 Å². The van der Waals surface area contributed by atoms with Crippen molar-refractivity contribution in [2.24, 2.45) is 0 Å². The van der Waals surface area contributed by atoms with Crippen molar-refractivity contribution in [1.82, 2.24) is 4.98 Å². The standard InChI is InChI=1S/C21H16N4O/c22-14-16-6-1-3-7-18(16)24-21(26)19-13-17(9-11-23-19)25-12-10-15-5-2-4-8-20(15)25/h1-9,11,13H,10,12H2,(H,24,26). The number of amides is 1. The third-order valence-electron chi connectivity index (χ3n) is 4.47. The minimum absolute atomic E-state index is 0.319. The van der Waals surface area contributed by atoms with E-state index in [1.165, 1.54) is 11.3 Å². The van der Waals surface area contributed by atoms with Crippen LogP contribution in [0.4, 0.5) is 17.1 Å². The predicted molar refractivity (Wildman–Crippen MR) is 100 cm³/mol. The molecule has 1 aliphatic heterocycles. The lowest BCUT2D eigenvalue weighted by Crippen LogP contribution is -2.17. The van der Waals surface area contributed by atoms with E-state index >= 15 is 0 Å². The normalized spacial score (nSPS) is 12.3. The average Bonchev–Trinajstić information content (AvgIpc) is 3.12. The van der Waals surface area contributed by atoms with E-state index < -0.39 is 0 Å². The Balaban J connectivity index is 1.61. The van der Waals surface area contributed by atoms with Gasteiger partial charge in [-0.2, -0.15) is 5.26 Å². The van der Waals surface area contributed by atoms with Crippen LogP contribution in [0, 0.1) is 11.3 Å². The summed E-state index contributed by atoms with van der Waals surface area (Å²) >= 11 is 0. The van der Waals surface area contributed by atoms with Gasteiger partial charge >= 0.3 is 0 Å². The highest BCUT2D eigenvalue weighted by atomic mass is 16.1. The molecular formula is C21H16N4O. The van der Waals surface area contributed by atoms with Crippen molar-refractivity contribution in [3.63, 3.8) is 0 Å². The summed E-state index contributed by atoms with van der Waals surface area (Å²) in [7, 11) is 0. The summed E-state index contributed by atoms with van der Waals surface area (Å²) in [6.07, 6.45) is 2.62. The molecule has 3 aromatic rings. The third kappa shape index (κ3) is 2.89. The summed E-state index contributed by atoms with van der Waals surface area (Å²) in [6.45, 7) is 0.877. The molecule has 126 valence electrons. The Bertz CT molecular complexity index is 1020. The summed E-state index contributed by atoms with van der Waals surface area (Å²) in [5, 5.41) is 11.9. The van der Waals surface area contributed by atoms with Crippen molar-refractivity contribution in [2.45, 2.75) is 6.42 Å². The van der Waals surface area contributed by atoms with Gasteiger partial charge in [0.25, 0.3) is 5.91 Å². The maximum Gasteiger partial charge on any atom is 0.274 e. The average molecular weight is 340 g/mol. The van der Waals surface area contributed by atoms with Crippen LogP contribution in [0.25, 0.3) is 0 Å². The number of hydrogen-bond donors (Lipinski definition) is 1. The van der Waals surface area contributed by atoms with Gasteiger partial charge in [0, 0.05) is 24.1 Å². The second kappa shape index (κ2) is 6.69. The summed E-state index contributed by atoms with van der Waals surface area (Å²) in [5.74, 6) is -0.331. The van der Waals surface area contributed by atoms with Crippen LogP contribution >= 0.6 is 0 Å². The molecule has 1 aromatic heterocycles. The number of fused-ring (bicyclic) bond motifs is 1. The van der Waals surface area contributed by atoms with E-state index in [1.54, 1.807) is 36.5 Å². The van der Waals surface area contributed by atoms with Crippen molar-refractivity contribution < 1.29 is 4.79 Å². The molecule has 0 atom stereocenters. The Kier molecular flexibility index (Phi) is 4.08. The molecule has 0 aliphatic carbocycles. The molecule has 0 spiro atoms. The zero-order valence-electron chi connectivity index (χ0n) is 14.0. The molecule has 5 heteroatoms. The van der Waals surface area contributed by atoms with E-state index in [4.69, 9.17) is 5.26 Å². The summed E-state index contributed by atoms with van der Waals surface area (Å²) < 4.78 is 0. The van der Waals surface area contributed by atoms with Crippen molar-refractivity contribution >= 4 is 23.0 Å². The number of benzene rings is 2. The highest BCUT2D eigenvalue weighted by Gasteiger charge is 2.21. The lowest BCUT2D eigenvalue weighted by molar-refractivity contribution is 0.102. The first-order chi connectivity index (χ1) is 12.8. The Hall–Kier alpha value is -3.65. The number of nitrogens with zero attached hydrogens (tertiary/aromatic N) is 3. The van der Waals surface area contributed by atoms with Crippen LogP contribution in [0.1, 0.15) is 21.6 Å². The number of para-hydroxylation sites is 2. The molecular weight excluding hydrogens is 324 g/mol.